The van der Waals surface area contributed by atoms with Gasteiger partial charge in [0.25, 0.3) is 0 Å². The Morgan fingerprint density at radius 1 is 0.852 bits per heavy atom. The molecule has 0 saturated heterocycles. The van der Waals surface area contributed by atoms with Crippen molar-refractivity contribution < 1.29 is 19.4 Å². The smallest absolute Gasteiger partial charge is 0.150 e. The van der Waals surface area contributed by atoms with Crippen molar-refractivity contribution in [3.8, 4) is 11.5 Å². The molecule has 0 amide bonds. The Morgan fingerprint density at radius 2 is 1.33 bits per heavy atom. The van der Waals surface area contributed by atoms with Gasteiger partial charge in [0.05, 0.1) is 6.61 Å². The fourth-order valence-corrected chi connectivity index (χ4v) is 2.22. The number of aromatic hydroxyl groups is 1. The van der Waals surface area contributed by atoms with Crippen LogP contribution in [0.5, 0.6) is 11.5 Å². The molecule has 0 aliphatic heterocycles. The van der Waals surface area contributed by atoms with Crippen LogP contribution in [0.25, 0.3) is 0 Å². The third-order valence-corrected chi connectivity index (χ3v) is 3.86. The number of unbranched alkanes of at least 4 members (excludes halogenated alkanes) is 2. The molecule has 2 rings (SSSR count). The van der Waals surface area contributed by atoms with Crippen molar-refractivity contribution in [2.45, 2.75) is 39.5 Å². The molecule has 5 heteroatoms. The van der Waals surface area contributed by atoms with Gasteiger partial charge in [0, 0.05) is 16.5 Å². The monoisotopic (exact) mass is 436 g/mol. The quantitative estimate of drug-likeness (QED) is 0.310. The Balaban J connectivity index is 0.000000419. The number of aldehydes is 2. The van der Waals surface area contributed by atoms with E-state index in [1.165, 1.54) is 25.0 Å². The van der Waals surface area contributed by atoms with Crippen LogP contribution in [0, 0.1) is 0 Å². The zero-order valence-electron chi connectivity index (χ0n) is 16.1. The molecule has 0 radical (unpaired) electrons. The molecule has 0 saturated carbocycles. The summed E-state index contributed by atoms with van der Waals surface area (Å²) in [5, 5.41) is 9.89. The number of carbonyl (C=O) groups is 2. The van der Waals surface area contributed by atoms with Gasteiger partial charge in [0.15, 0.2) is 0 Å². The first-order valence-corrected chi connectivity index (χ1v) is 10.2. The topological polar surface area (TPSA) is 63.6 Å². The highest BCUT2D eigenvalue weighted by Gasteiger charge is 1.93. The van der Waals surface area contributed by atoms with Crippen LogP contribution < -0.4 is 4.74 Å². The molecule has 0 fully saturated rings. The highest BCUT2D eigenvalue weighted by Crippen LogP contribution is 2.11. The number of rotatable bonds is 8. The van der Waals surface area contributed by atoms with Crippen LogP contribution in [-0.4, -0.2) is 29.6 Å². The van der Waals surface area contributed by atoms with Crippen LogP contribution in [0.3, 0.4) is 0 Å². The van der Waals surface area contributed by atoms with Gasteiger partial charge >= 0.3 is 0 Å². The average Bonchev–Trinajstić information content (AvgIpc) is 2.71. The maximum absolute atomic E-state index is 10.3. The van der Waals surface area contributed by atoms with Crippen molar-refractivity contribution in [1.82, 2.24) is 0 Å². The summed E-state index contributed by atoms with van der Waals surface area (Å²) in [5.41, 5.74) is 1.26. The first kappa shape index (κ1) is 24.9. The summed E-state index contributed by atoms with van der Waals surface area (Å²) in [6, 6.07) is 13.2. The van der Waals surface area contributed by atoms with Gasteiger partial charge in [-0.05, 0) is 61.4 Å². The molecule has 2 aromatic carbocycles. The molecular formula is C22H29BrO4. The number of hydrogen-bond acceptors (Lipinski definition) is 4. The molecule has 148 valence electrons. The average molecular weight is 437 g/mol. The van der Waals surface area contributed by atoms with E-state index in [2.05, 4.69) is 29.8 Å². The molecule has 0 aromatic heterocycles. The van der Waals surface area contributed by atoms with Crippen LogP contribution in [0.15, 0.2) is 48.5 Å². The van der Waals surface area contributed by atoms with Crippen LogP contribution in [-0.2, 0) is 0 Å². The minimum absolute atomic E-state index is 0.181. The third kappa shape index (κ3) is 13.7. The Morgan fingerprint density at radius 3 is 1.70 bits per heavy atom. The van der Waals surface area contributed by atoms with Gasteiger partial charge in [-0.3, -0.25) is 9.59 Å². The first-order valence-electron chi connectivity index (χ1n) is 9.09. The van der Waals surface area contributed by atoms with Crippen molar-refractivity contribution in [2.75, 3.05) is 11.9 Å². The standard InChI is InChI=1S/C11H14O2.C7H6O2.C4H9Br/c1-2-3-8-13-11-6-4-10(9-12)5-7-11;8-5-6-1-3-7(9)4-2-6;1-2-3-4-5/h4-7,9H,2-3,8H2,1H3;1-5,9H;2-4H2,1H3. The number of carbonyl (C=O) groups excluding carboxylic acids is 2. The second-order valence-electron chi connectivity index (χ2n) is 5.64. The summed E-state index contributed by atoms with van der Waals surface area (Å²) in [4.78, 5) is 20.4. The molecule has 0 heterocycles. The highest BCUT2D eigenvalue weighted by molar-refractivity contribution is 9.09. The predicted octanol–water partition coefficient (Wildman–Crippen LogP) is 6.06. The molecule has 27 heavy (non-hydrogen) atoms. The largest absolute Gasteiger partial charge is 0.508 e. The Bertz CT molecular complexity index is 607. The number of phenols is 1. The van der Waals surface area contributed by atoms with E-state index >= 15 is 0 Å². The molecule has 0 atom stereocenters. The number of ether oxygens (including phenoxy) is 1. The van der Waals surface area contributed by atoms with Crippen molar-refractivity contribution >= 4 is 28.5 Å². The lowest BCUT2D eigenvalue weighted by atomic mass is 10.2. The molecule has 0 aliphatic rings. The van der Waals surface area contributed by atoms with E-state index in [0.717, 1.165) is 43.1 Å². The molecule has 0 spiro atoms. The first-order chi connectivity index (χ1) is 13.1. The van der Waals surface area contributed by atoms with Gasteiger partial charge < -0.3 is 9.84 Å². The van der Waals surface area contributed by atoms with Gasteiger partial charge in [0.1, 0.15) is 24.1 Å². The molecular weight excluding hydrogens is 408 g/mol. The molecule has 0 aliphatic carbocycles. The molecule has 0 unspecified atom stereocenters. The fourth-order valence-electron chi connectivity index (χ4n) is 1.66. The van der Waals surface area contributed by atoms with E-state index in [0.29, 0.717) is 11.1 Å². The van der Waals surface area contributed by atoms with Crippen molar-refractivity contribution in [3.05, 3.63) is 59.7 Å². The van der Waals surface area contributed by atoms with Crippen LogP contribution >= 0.6 is 15.9 Å². The lowest BCUT2D eigenvalue weighted by molar-refractivity contribution is 0.111. The number of phenolic OH excluding ortho intramolecular Hbond substituents is 1. The summed E-state index contributed by atoms with van der Waals surface area (Å²) in [7, 11) is 0. The van der Waals surface area contributed by atoms with Crippen LogP contribution in [0.1, 0.15) is 60.2 Å². The van der Waals surface area contributed by atoms with Crippen molar-refractivity contribution in [1.29, 1.82) is 0 Å². The maximum Gasteiger partial charge on any atom is 0.150 e. The van der Waals surface area contributed by atoms with Gasteiger partial charge in [-0.25, -0.2) is 0 Å². The second kappa shape index (κ2) is 17.3. The Labute approximate surface area is 170 Å². The van der Waals surface area contributed by atoms with E-state index < -0.39 is 0 Å². The molecule has 2 aromatic rings. The van der Waals surface area contributed by atoms with Crippen molar-refractivity contribution in [3.63, 3.8) is 0 Å². The summed E-state index contributed by atoms with van der Waals surface area (Å²) in [6.45, 7) is 5.05. The predicted molar refractivity (Wildman–Crippen MR) is 114 cm³/mol. The lowest BCUT2D eigenvalue weighted by Gasteiger charge is -2.04. The summed E-state index contributed by atoms with van der Waals surface area (Å²) in [5.74, 6) is 1.01. The van der Waals surface area contributed by atoms with Gasteiger partial charge in [-0.1, -0.05) is 42.6 Å². The van der Waals surface area contributed by atoms with E-state index in [9.17, 15) is 9.59 Å². The summed E-state index contributed by atoms with van der Waals surface area (Å²) in [6.07, 6.45) is 6.36. The van der Waals surface area contributed by atoms with E-state index in [1.807, 2.05) is 12.1 Å². The van der Waals surface area contributed by atoms with E-state index in [1.54, 1.807) is 24.3 Å². The molecule has 0 bridgehead atoms. The van der Waals surface area contributed by atoms with E-state index in [-0.39, 0.29) is 5.75 Å². The molecule has 1 N–H and O–H groups in total. The van der Waals surface area contributed by atoms with Gasteiger partial charge in [0.2, 0.25) is 0 Å². The SMILES string of the molecule is CCCCBr.CCCCOc1ccc(C=O)cc1.O=Cc1ccc(O)cc1. The third-order valence-electron chi connectivity index (χ3n) is 3.30. The molecule has 4 nitrogen and oxygen atoms in total. The van der Waals surface area contributed by atoms with Gasteiger partial charge in [-0.15, -0.1) is 0 Å². The zero-order valence-corrected chi connectivity index (χ0v) is 17.7. The number of alkyl halides is 1. The Hall–Kier alpha value is -2.14. The number of hydrogen-bond donors (Lipinski definition) is 1. The van der Waals surface area contributed by atoms with Crippen LogP contribution in [0.2, 0.25) is 0 Å². The van der Waals surface area contributed by atoms with E-state index in [4.69, 9.17) is 9.84 Å². The maximum atomic E-state index is 10.3. The van der Waals surface area contributed by atoms with Crippen molar-refractivity contribution in [2.24, 2.45) is 0 Å². The summed E-state index contributed by atoms with van der Waals surface area (Å²) < 4.78 is 5.43. The second-order valence-corrected chi connectivity index (χ2v) is 6.43. The Kier molecular flexibility index (Phi) is 15.9. The fraction of sp³-hybridized carbons (Fsp3) is 0.364. The minimum atomic E-state index is 0.181. The number of halogens is 1. The van der Waals surface area contributed by atoms with Gasteiger partial charge in [-0.2, -0.15) is 0 Å². The highest BCUT2D eigenvalue weighted by atomic mass is 79.9. The van der Waals surface area contributed by atoms with Crippen LogP contribution in [0.4, 0.5) is 0 Å². The lowest BCUT2D eigenvalue weighted by Crippen LogP contribution is -1.96. The normalized spacial score (nSPS) is 9.15. The summed E-state index contributed by atoms with van der Waals surface area (Å²) >= 11 is 3.31. The number of benzene rings is 2. The minimum Gasteiger partial charge on any atom is -0.508 e. The zero-order chi connectivity index (χ0) is 20.3.